The van der Waals surface area contributed by atoms with Gasteiger partial charge in [0, 0.05) is 24.2 Å². The molecule has 33 heavy (non-hydrogen) atoms. The molecule has 4 aromatic rings. The molecule has 2 aromatic heterocycles. The minimum Gasteiger partial charge on any atom is -0.497 e. The SMILES string of the molecule is CCN(CC)CCNc1ncnc2oc(-c3ccc(OC)cc3)c(-c3ccc(OC)cc3)c12. The number of ether oxygens (including phenoxy) is 2. The fourth-order valence-electron chi connectivity index (χ4n) is 3.92. The van der Waals surface area contributed by atoms with Crippen molar-refractivity contribution in [2.45, 2.75) is 13.8 Å². The number of anilines is 1. The van der Waals surface area contributed by atoms with Crippen LogP contribution < -0.4 is 14.8 Å². The Labute approximate surface area is 194 Å². The van der Waals surface area contributed by atoms with Crippen LogP contribution in [-0.4, -0.2) is 55.3 Å². The average Bonchev–Trinajstić information content (AvgIpc) is 3.27. The van der Waals surface area contributed by atoms with Crippen LogP contribution in [0.1, 0.15) is 13.8 Å². The lowest BCUT2D eigenvalue weighted by atomic mass is 9.99. The van der Waals surface area contributed by atoms with E-state index in [0.29, 0.717) is 5.71 Å². The summed E-state index contributed by atoms with van der Waals surface area (Å²) < 4.78 is 17.0. The summed E-state index contributed by atoms with van der Waals surface area (Å²) >= 11 is 0. The lowest BCUT2D eigenvalue weighted by Crippen LogP contribution is -2.28. The van der Waals surface area contributed by atoms with E-state index in [9.17, 15) is 0 Å². The van der Waals surface area contributed by atoms with Gasteiger partial charge in [-0.15, -0.1) is 0 Å². The second-order valence-corrected chi connectivity index (χ2v) is 7.62. The predicted octanol–water partition coefficient (Wildman–Crippen LogP) is 5.33. The highest BCUT2D eigenvalue weighted by Gasteiger charge is 2.22. The van der Waals surface area contributed by atoms with Crippen molar-refractivity contribution in [3.8, 4) is 33.9 Å². The van der Waals surface area contributed by atoms with Crippen LogP contribution in [0.15, 0.2) is 59.3 Å². The first-order chi connectivity index (χ1) is 16.2. The first-order valence-corrected chi connectivity index (χ1v) is 11.2. The molecule has 0 atom stereocenters. The second kappa shape index (κ2) is 10.4. The van der Waals surface area contributed by atoms with E-state index >= 15 is 0 Å². The molecule has 0 saturated carbocycles. The smallest absolute Gasteiger partial charge is 0.232 e. The number of aromatic nitrogens is 2. The number of nitrogens with one attached hydrogen (secondary N) is 1. The lowest BCUT2D eigenvalue weighted by Gasteiger charge is -2.18. The van der Waals surface area contributed by atoms with E-state index in [1.54, 1.807) is 20.5 Å². The van der Waals surface area contributed by atoms with E-state index in [1.807, 2.05) is 48.5 Å². The van der Waals surface area contributed by atoms with Crippen molar-refractivity contribution >= 4 is 16.9 Å². The lowest BCUT2D eigenvalue weighted by molar-refractivity contribution is 0.316. The zero-order valence-electron chi connectivity index (χ0n) is 19.6. The molecule has 0 aliphatic heterocycles. The van der Waals surface area contributed by atoms with Gasteiger partial charge in [-0.2, -0.15) is 0 Å². The molecule has 0 fully saturated rings. The Balaban J connectivity index is 1.82. The highest BCUT2D eigenvalue weighted by atomic mass is 16.5. The summed E-state index contributed by atoms with van der Waals surface area (Å²) in [6, 6.07) is 15.8. The van der Waals surface area contributed by atoms with Crippen LogP contribution in [0.4, 0.5) is 5.82 Å². The topological polar surface area (TPSA) is 72.7 Å². The first-order valence-electron chi connectivity index (χ1n) is 11.2. The number of hydrogen-bond acceptors (Lipinski definition) is 7. The Bertz CT molecular complexity index is 1180. The van der Waals surface area contributed by atoms with Crippen LogP contribution >= 0.6 is 0 Å². The van der Waals surface area contributed by atoms with Gasteiger partial charge in [0.25, 0.3) is 0 Å². The summed E-state index contributed by atoms with van der Waals surface area (Å²) in [4.78, 5) is 11.4. The van der Waals surface area contributed by atoms with Gasteiger partial charge in [0.1, 0.15) is 29.4 Å². The van der Waals surface area contributed by atoms with Crippen LogP contribution in [0.2, 0.25) is 0 Å². The van der Waals surface area contributed by atoms with E-state index in [4.69, 9.17) is 13.9 Å². The molecule has 172 valence electrons. The quantitative estimate of drug-likeness (QED) is 0.353. The molecule has 0 saturated heterocycles. The van der Waals surface area contributed by atoms with Crippen molar-refractivity contribution in [1.82, 2.24) is 14.9 Å². The maximum atomic E-state index is 6.31. The number of furan rings is 1. The zero-order chi connectivity index (χ0) is 23.2. The zero-order valence-corrected chi connectivity index (χ0v) is 19.6. The summed E-state index contributed by atoms with van der Waals surface area (Å²) in [5.74, 6) is 3.09. The van der Waals surface area contributed by atoms with Crippen LogP contribution in [0, 0.1) is 0 Å². The molecule has 0 aliphatic carbocycles. The summed E-state index contributed by atoms with van der Waals surface area (Å²) in [6.07, 6.45) is 1.54. The second-order valence-electron chi connectivity index (χ2n) is 7.62. The van der Waals surface area contributed by atoms with Crippen LogP contribution in [0.3, 0.4) is 0 Å². The monoisotopic (exact) mass is 446 g/mol. The molecule has 0 aliphatic rings. The van der Waals surface area contributed by atoms with E-state index in [0.717, 1.165) is 71.3 Å². The number of nitrogens with zero attached hydrogens (tertiary/aromatic N) is 3. The van der Waals surface area contributed by atoms with Crippen molar-refractivity contribution in [3.05, 3.63) is 54.9 Å². The van der Waals surface area contributed by atoms with Gasteiger partial charge in [-0.05, 0) is 55.1 Å². The molecule has 0 amide bonds. The highest BCUT2D eigenvalue weighted by Crippen LogP contribution is 2.43. The Morgan fingerprint density at radius 1 is 0.848 bits per heavy atom. The molecule has 1 N–H and O–H groups in total. The largest absolute Gasteiger partial charge is 0.497 e. The molecule has 7 heteroatoms. The number of methoxy groups -OCH3 is 2. The fourth-order valence-corrected chi connectivity index (χ4v) is 3.92. The number of rotatable bonds is 10. The van der Waals surface area contributed by atoms with Crippen molar-refractivity contribution in [2.24, 2.45) is 0 Å². The average molecular weight is 447 g/mol. The third-order valence-electron chi connectivity index (χ3n) is 5.83. The van der Waals surface area contributed by atoms with Gasteiger partial charge in [-0.3, -0.25) is 0 Å². The van der Waals surface area contributed by atoms with Crippen LogP contribution in [0.5, 0.6) is 11.5 Å². The van der Waals surface area contributed by atoms with Crippen LogP contribution in [0.25, 0.3) is 33.6 Å². The maximum Gasteiger partial charge on any atom is 0.232 e. The summed E-state index contributed by atoms with van der Waals surface area (Å²) in [7, 11) is 3.32. The number of fused-ring (bicyclic) bond motifs is 1. The first kappa shape index (κ1) is 22.6. The van der Waals surface area contributed by atoms with Gasteiger partial charge in [-0.1, -0.05) is 26.0 Å². The Kier molecular flexibility index (Phi) is 7.10. The molecular formula is C26H30N4O3. The number of hydrogen-bond donors (Lipinski definition) is 1. The van der Waals surface area contributed by atoms with Gasteiger partial charge >= 0.3 is 0 Å². The molecule has 2 aromatic carbocycles. The molecule has 7 nitrogen and oxygen atoms in total. The summed E-state index contributed by atoms with van der Waals surface area (Å²) in [5.41, 5.74) is 3.44. The van der Waals surface area contributed by atoms with Gasteiger partial charge in [-0.25, -0.2) is 9.97 Å². The third-order valence-corrected chi connectivity index (χ3v) is 5.83. The molecule has 0 bridgehead atoms. The van der Waals surface area contributed by atoms with Gasteiger partial charge in [0.2, 0.25) is 5.71 Å². The third kappa shape index (κ3) is 4.78. The van der Waals surface area contributed by atoms with E-state index in [2.05, 4.69) is 34.0 Å². The normalized spacial score (nSPS) is 11.2. The standard InChI is InChI=1S/C26H30N4O3/c1-5-30(6-2)16-15-27-25-23-22(18-7-11-20(31-3)12-8-18)24(33-26(23)29-17-28-25)19-9-13-21(32-4)14-10-19/h7-14,17H,5-6,15-16H2,1-4H3,(H,27,28,29). The minimum absolute atomic E-state index is 0.548. The Hall–Kier alpha value is -3.58. The van der Waals surface area contributed by atoms with Gasteiger partial charge < -0.3 is 24.1 Å². The molecule has 0 spiro atoms. The Morgan fingerprint density at radius 2 is 1.45 bits per heavy atom. The fraction of sp³-hybridized carbons (Fsp3) is 0.308. The van der Waals surface area contributed by atoms with Crippen molar-refractivity contribution in [2.75, 3.05) is 45.7 Å². The van der Waals surface area contributed by atoms with Crippen molar-refractivity contribution in [3.63, 3.8) is 0 Å². The van der Waals surface area contributed by atoms with Crippen molar-refractivity contribution in [1.29, 1.82) is 0 Å². The molecule has 0 radical (unpaired) electrons. The maximum absolute atomic E-state index is 6.31. The Morgan fingerprint density at radius 3 is 2.03 bits per heavy atom. The van der Waals surface area contributed by atoms with Crippen molar-refractivity contribution < 1.29 is 13.9 Å². The summed E-state index contributed by atoms with van der Waals surface area (Å²) in [5, 5.41) is 4.37. The van der Waals surface area contributed by atoms with E-state index in [-0.39, 0.29) is 0 Å². The number of benzene rings is 2. The minimum atomic E-state index is 0.548. The van der Waals surface area contributed by atoms with Gasteiger partial charge in [0.05, 0.1) is 19.6 Å². The molecule has 2 heterocycles. The van der Waals surface area contributed by atoms with Crippen LogP contribution in [-0.2, 0) is 0 Å². The predicted molar refractivity (Wildman–Crippen MR) is 132 cm³/mol. The van der Waals surface area contributed by atoms with Gasteiger partial charge in [0.15, 0.2) is 0 Å². The highest BCUT2D eigenvalue weighted by molar-refractivity contribution is 6.05. The molecule has 0 unspecified atom stereocenters. The molecular weight excluding hydrogens is 416 g/mol. The molecule has 4 rings (SSSR count). The van der Waals surface area contributed by atoms with E-state index < -0.39 is 0 Å². The summed E-state index contributed by atoms with van der Waals surface area (Å²) in [6.45, 7) is 8.08. The van der Waals surface area contributed by atoms with E-state index in [1.165, 1.54) is 0 Å². The number of likely N-dealkylation sites (N-methyl/N-ethyl adjacent to an activating group) is 1.